The number of anilines is 1. The Bertz CT molecular complexity index is 503. The van der Waals surface area contributed by atoms with Crippen molar-refractivity contribution in [1.82, 2.24) is 0 Å². The van der Waals surface area contributed by atoms with Crippen LogP contribution in [-0.2, 0) is 0 Å². The average Bonchev–Trinajstić information content (AvgIpc) is 2.95. The molecule has 0 aromatic heterocycles. The molecule has 0 aliphatic heterocycles. The van der Waals surface area contributed by atoms with Crippen LogP contribution in [0.1, 0.15) is 20.3 Å². The lowest BCUT2D eigenvalue weighted by Crippen LogP contribution is -2.23. The third-order valence-electron chi connectivity index (χ3n) is 3.41. The van der Waals surface area contributed by atoms with Crippen LogP contribution in [0.4, 0.5) is 5.69 Å². The minimum atomic E-state index is 0. The van der Waals surface area contributed by atoms with Crippen molar-refractivity contribution >= 4 is 35.6 Å². The summed E-state index contributed by atoms with van der Waals surface area (Å²) in [6.07, 6.45) is 1.08. The summed E-state index contributed by atoms with van der Waals surface area (Å²) in [5.74, 6) is 1.78. The highest BCUT2D eigenvalue weighted by Gasteiger charge is 2.45. The molecule has 112 valence electrons. The van der Waals surface area contributed by atoms with Gasteiger partial charge < -0.3 is 20.5 Å². The van der Waals surface area contributed by atoms with E-state index in [1.165, 1.54) is 0 Å². The molecule has 6 heteroatoms. The quantitative estimate of drug-likeness (QED) is 0.471. The molecule has 1 saturated carbocycles. The van der Waals surface area contributed by atoms with Crippen molar-refractivity contribution in [3.8, 4) is 11.5 Å². The predicted octanol–water partition coefficient (Wildman–Crippen LogP) is 2.85. The van der Waals surface area contributed by atoms with E-state index in [1.54, 1.807) is 14.2 Å². The van der Waals surface area contributed by atoms with Crippen LogP contribution in [0.25, 0.3) is 0 Å². The summed E-state index contributed by atoms with van der Waals surface area (Å²) in [5.41, 5.74) is 7.01. The van der Waals surface area contributed by atoms with E-state index in [0.717, 1.165) is 12.1 Å². The van der Waals surface area contributed by atoms with Crippen LogP contribution in [-0.4, -0.2) is 26.2 Å². The molecule has 0 heterocycles. The van der Waals surface area contributed by atoms with E-state index >= 15 is 0 Å². The molecule has 0 saturated heterocycles. The van der Waals surface area contributed by atoms with Gasteiger partial charge >= 0.3 is 0 Å². The number of guanidine groups is 1. The normalized spacial score (nSPS) is 19.8. The van der Waals surface area contributed by atoms with Gasteiger partial charge in [-0.1, -0.05) is 13.8 Å². The monoisotopic (exact) mass is 391 g/mol. The fourth-order valence-electron chi connectivity index (χ4n) is 1.92. The molecule has 0 spiro atoms. The Balaban J connectivity index is 0.00000200. The van der Waals surface area contributed by atoms with Gasteiger partial charge in [-0.05, 0) is 24.0 Å². The first-order chi connectivity index (χ1) is 8.96. The highest BCUT2D eigenvalue weighted by molar-refractivity contribution is 14.0. The summed E-state index contributed by atoms with van der Waals surface area (Å²) >= 11 is 0. The molecule has 2 rings (SSSR count). The maximum absolute atomic E-state index is 5.90. The molecule has 1 atom stereocenters. The van der Waals surface area contributed by atoms with E-state index in [9.17, 15) is 0 Å². The van der Waals surface area contributed by atoms with Crippen LogP contribution in [0, 0.1) is 5.41 Å². The molecule has 5 nitrogen and oxygen atoms in total. The number of methoxy groups -OCH3 is 2. The van der Waals surface area contributed by atoms with Gasteiger partial charge in [-0.2, -0.15) is 0 Å². The molecule has 3 N–H and O–H groups in total. The maximum Gasteiger partial charge on any atom is 0.193 e. The molecule has 1 aliphatic carbocycles. The molecular formula is C14H22IN3O2. The molecule has 1 unspecified atom stereocenters. The maximum atomic E-state index is 5.90. The van der Waals surface area contributed by atoms with Crippen LogP contribution < -0.4 is 20.5 Å². The second-order valence-corrected chi connectivity index (χ2v) is 5.42. The third kappa shape index (κ3) is 3.91. The standard InChI is InChI=1S/C14H21N3O2.HI/c1-14(2)8-12(14)17-13(15)16-9-5-6-10(18-3)11(7-9)19-4;/h5-7,12H,8H2,1-4H3,(H3,15,16,17);1H. The van der Waals surface area contributed by atoms with Crippen molar-refractivity contribution < 1.29 is 9.47 Å². The van der Waals surface area contributed by atoms with Crippen LogP contribution in [0.2, 0.25) is 0 Å². The van der Waals surface area contributed by atoms with Crippen molar-refractivity contribution in [1.29, 1.82) is 0 Å². The summed E-state index contributed by atoms with van der Waals surface area (Å²) in [5, 5.41) is 3.07. The second kappa shape index (κ2) is 6.51. The molecule has 1 aromatic carbocycles. The highest BCUT2D eigenvalue weighted by Crippen LogP contribution is 2.47. The van der Waals surface area contributed by atoms with Gasteiger partial charge in [0.1, 0.15) is 0 Å². The fourth-order valence-corrected chi connectivity index (χ4v) is 1.92. The van der Waals surface area contributed by atoms with Gasteiger partial charge in [0.25, 0.3) is 0 Å². The molecule has 0 amide bonds. The molecule has 0 bridgehead atoms. The summed E-state index contributed by atoms with van der Waals surface area (Å²) in [6.45, 7) is 4.37. The first-order valence-corrected chi connectivity index (χ1v) is 6.28. The number of rotatable bonds is 4. The number of hydrogen-bond donors (Lipinski definition) is 2. The number of ether oxygens (including phenoxy) is 2. The zero-order chi connectivity index (χ0) is 14.0. The Hall–Kier alpha value is -1.18. The van der Waals surface area contributed by atoms with E-state index < -0.39 is 0 Å². The van der Waals surface area contributed by atoms with Gasteiger partial charge in [-0.3, -0.25) is 0 Å². The van der Waals surface area contributed by atoms with E-state index in [2.05, 4.69) is 24.2 Å². The number of aliphatic imine (C=N–C) groups is 1. The van der Waals surface area contributed by atoms with Crippen LogP contribution in [0.5, 0.6) is 11.5 Å². The Kier molecular flexibility index (Phi) is 5.50. The number of nitrogens with zero attached hydrogens (tertiary/aromatic N) is 1. The lowest BCUT2D eigenvalue weighted by Gasteiger charge is -2.11. The van der Waals surface area contributed by atoms with Gasteiger partial charge in [-0.15, -0.1) is 24.0 Å². The summed E-state index contributed by atoms with van der Waals surface area (Å²) in [4.78, 5) is 4.45. The number of nitrogens with two attached hydrogens (primary N) is 1. The first kappa shape index (κ1) is 16.9. The minimum absolute atomic E-state index is 0. The van der Waals surface area contributed by atoms with Crippen molar-refractivity contribution in [2.24, 2.45) is 16.1 Å². The summed E-state index contributed by atoms with van der Waals surface area (Å²) in [7, 11) is 3.21. The van der Waals surface area contributed by atoms with Gasteiger partial charge in [0.2, 0.25) is 0 Å². The van der Waals surface area contributed by atoms with Crippen molar-refractivity contribution in [3.63, 3.8) is 0 Å². The molecule has 1 aromatic rings. The topological polar surface area (TPSA) is 68.9 Å². The number of benzene rings is 1. The zero-order valence-electron chi connectivity index (χ0n) is 12.3. The molecule has 1 fully saturated rings. The molecule has 0 radical (unpaired) electrons. The average molecular weight is 391 g/mol. The van der Waals surface area contributed by atoms with Gasteiger partial charge in [0, 0.05) is 11.8 Å². The Morgan fingerprint density at radius 1 is 1.30 bits per heavy atom. The Morgan fingerprint density at radius 3 is 2.40 bits per heavy atom. The van der Waals surface area contributed by atoms with Crippen LogP contribution in [0.3, 0.4) is 0 Å². The predicted molar refractivity (Wildman–Crippen MR) is 92.4 cm³/mol. The highest BCUT2D eigenvalue weighted by atomic mass is 127. The Morgan fingerprint density at radius 2 is 1.90 bits per heavy atom. The van der Waals surface area contributed by atoms with Crippen molar-refractivity contribution in [3.05, 3.63) is 18.2 Å². The number of hydrogen-bond acceptors (Lipinski definition) is 3. The van der Waals surface area contributed by atoms with E-state index in [1.807, 2.05) is 18.2 Å². The van der Waals surface area contributed by atoms with E-state index in [0.29, 0.717) is 23.5 Å². The fraction of sp³-hybridized carbons (Fsp3) is 0.500. The molecular weight excluding hydrogens is 369 g/mol. The number of halogens is 1. The van der Waals surface area contributed by atoms with Gasteiger partial charge in [0.15, 0.2) is 17.5 Å². The SMILES string of the molecule is COc1ccc(NC(N)=NC2CC2(C)C)cc1OC.I. The van der Waals surface area contributed by atoms with Crippen LogP contribution >= 0.6 is 24.0 Å². The molecule has 20 heavy (non-hydrogen) atoms. The van der Waals surface area contributed by atoms with Gasteiger partial charge in [0.05, 0.1) is 20.3 Å². The summed E-state index contributed by atoms with van der Waals surface area (Å²) in [6, 6.07) is 5.86. The minimum Gasteiger partial charge on any atom is -0.493 e. The number of nitrogens with one attached hydrogen (secondary N) is 1. The first-order valence-electron chi connectivity index (χ1n) is 6.28. The molecule has 1 aliphatic rings. The van der Waals surface area contributed by atoms with E-state index in [-0.39, 0.29) is 29.4 Å². The van der Waals surface area contributed by atoms with Crippen molar-refractivity contribution in [2.75, 3.05) is 19.5 Å². The summed E-state index contributed by atoms with van der Waals surface area (Å²) < 4.78 is 10.4. The smallest absolute Gasteiger partial charge is 0.193 e. The van der Waals surface area contributed by atoms with Crippen LogP contribution in [0.15, 0.2) is 23.2 Å². The van der Waals surface area contributed by atoms with Gasteiger partial charge in [-0.25, -0.2) is 4.99 Å². The third-order valence-corrected chi connectivity index (χ3v) is 3.41. The zero-order valence-corrected chi connectivity index (χ0v) is 14.6. The Labute approximate surface area is 137 Å². The lowest BCUT2D eigenvalue weighted by atomic mass is 10.2. The van der Waals surface area contributed by atoms with Crippen molar-refractivity contribution in [2.45, 2.75) is 26.3 Å². The largest absolute Gasteiger partial charge is 0.493 e. The second-order valence-electron chi connectivity index (χ2n) is 5.42. The van der Waals surface area contributed by atoms with E-state index in [4.69, 9.17) is 15.2 Å². The lowest BCUT2D eigenvalue weighted by molar-refractivity contribution is 0.355.